The summed E-state index contributed by atoms with van der Waals surface area (Å²) in [7, 11) is 0. The first-order chi connectivity index (χ1) is 7.95. The van der Waals surface area contributed by atoms with Gasteiger partial charge < -0.3 is 5.32 Å². The average Bonchev–Trinajstić information content (AvgIpc) is 2.28. The topological polar surface area (TPSA) is 29.1 Å². The van der Waals surface area contributed by atoms with E-state index in [1.165, 1.54) is 12.1 Å². The maximum absolute atomic E-state index is 12.4. The zero-order valence-electron chi connectivity index (χ0n) is 9.47. The number of carbonyl (C=O) groups excluding carboxylic acids is 1. The molecule has 0 unspecified atom stereocenters. The fraction of sp³-hybridized carbons (Fsp3) is 0.417. The number of benzene rings is 1. The van der Waals surface area contributed by atoms with Crippen molar-refractivity contribution >= 4 is 5.91 Å². The lowest BCUT2D eigenvalue weighted by atomic mass is 10.1. The van der Waals surface area contributed by atoms with E-state index in [4.69, 9.17) is 0 Å². The van der Waals surface area contributed by atoms with Crippen molar-refractivity contribution in [3.8, 4) is 0 Å². The highest BCUT2D eigenvalue weighted by molar-refractivity contribution is 5.94. The molecule has 1 aromatic carbocycles. The highest BCUT2D eigenvalue weighted by atomic mass is 19.4. The van der Waals surface area contributed by atoms with Crippen LogP contribution in [0.15, 0.2) is 24.3 Å². The molecule has 0 heterocycles. The number of carbonyl (C=O) groups is 1. The van der Waals surface area contributed by atoms with Gasteiger partial charge in [0.25, 0.3) is 5.91 Å². The van der Waals surface area contributed by atoms with Gasteiger partial charge in [-0.05, 0) is 24.6 Å². The molecule has 17 heavy (non-hydrogen) atoms. The fourth-order valence-corrected chi connectivity index (χ4v) is 1.32. The Bertz CT molecular complexity index is 388. The monoisotopic (exact) mass is 245 g/mol. The Morgan fingerprint density at radius 1 is 1.35 bits per heavy atom. The molecule has 2 nitrogen and oxygen atoms in total. The lowest BCUT2D eigenvalue weighted by Gasteiger charge is -2.09. The molecule has 0 saturated heterocycles. The quantitative estimate of drug-likeness (QED) is 0.811. The van der Waals surface area contributed by atoms with Crippen LogP contribution < -0.4 is 5.32 Å². The third-order valence-electron chi connectivity index (χ3n) is 2.27. The summed E-state index contributed by atoms with van der Waals surface area (Å²) in [5, 5.41) is 2.57. The summed E-state index contributed by atoms with van der Waals surface area (Å²) in [6.07, 6.45) is -2.69. The SMILES string of the molecule is CCCCNC(=O)c1cccc(C(F)(F)F)c1. The van der Waals surface area contributed by atoms with E-state index in [1.807, 2.05) is 6.92 Å². The van der Waals surface area contributed by atoms with Gasteiger partial charge in [0.05, 0.1) is 5.56 Å². The molecule has 94 valence electrons. The molecule has 0 atom stereocenters. The summed E-state index contributed by atoms with van der Waals surface area (Å²) >= 11 is 0. The minimum atomic E-state index is -4.42. The van der Waals surface area contributed by atoms with Crippen molar-refractivity contribution in [1.82, 2.24) is 5.32 Å². The number of halogens is 3. The van der Waals surface area contributed by atoms with Crippen LogP contribution in [0.25, 0.3) is 0 Å². The molecule has 0 aliphatic carbocycles. The molecule has 1 aromatic rings. The van der Waals surface area contributed by atoms with E-state index in [0.29, 0.717) is 6.54 Å². The van der Waals surface area contributed by atoms with Crippen LogP contribution in [0.1, 0.15) is 35.7 Å². The summed E-state index contributed by atoms with van der Waals surface area (Å²) in [6.45, 7) is 2.45. The van der Waals surface area contributed by atoms with Crippen molar-refractivity contribution in [2.45, 2.75) is 25.9 Å². The number of rotatable bonds is 4. The standard InChI is InChI=1S/C12H14F3NO/c1-2-3-7-16-11(17)9-5-4-6-10(8-9)12(13,14)15/h4-6,8H,2-3,7H2,1H3,(H,16,17). The second-order valence-corrected chi connectivity index (χ2v) is 3.69. The maximum Gasteiger partial charge on any atom is 0.416 e. The van der Waals surface area contributed by atoms with Crippen LogP contribution >= 0.6 is 0 Å². The Kier molecular flexibility index (Phi) is 4.54. The molecule has 0 aliphatic rings. The van der Waals surface area contributed by atoms with Crippen molar-refractivity contribution in [3.05, 3.63) is 35.4 Å². The van der Waals surface area contributed by atoms with Crippen molar-refractivity contribution < 1.29 is 18.0 Å². The number of alkyl halides is 3. The van der Waals surface area contributed by atoms with Gasteiger partial charge in [-0.1, -0.05) is 19.4 Å². The number of unbranched alkanes of at least 4 members (excludes halogenated alkanes) is 1. The number of hydrogen-bond donors (Lipinski definition) is 1. The van der Waals surface area contributed by atoms with Crippen LogP contribution in [0.4, 0.5) is 13.2 Å². The molecule has 0 bridgehead atoms. The van der Waals surface area contributed by atoms with E-state index in [1.54, 1.807) is 0 Å². The zero-order chi connectivity index (χ0) is 12.9. The largest absolute Gasteiger partial charge is 0.416 e. The Morgan fingerprint density at radius 3 is 2.65 bits per heavy atom. The van der Waals surface area contributed by atoms with Crippen molar-refractivity contribution in [2.24, 2.45) is 0 Å². The Labute approximate surface area is 97.8 Å². The molecular formula is C12H14F3NO. The van der Waals surface area contributed by atoms with Crippen LogP contribution in [0.3, 0.4) is 0 Å². The first-order valence-electron chi connectivity index (χ1n) is 5.40. The van der Waals surface area contributed by atoms with E-state index in [-0.39, 0.29) is 5.56 Å². The van der Waals surface area contributed by atoms with Crippen molar-refractivity contribution in [2.75, 3.05) is 6.54 Å². The summed E-state index contributed by atoms with van der Waals surface area (Å²) in [5.41, 5.74) is -0.767. The fourth-order valence-electron chi connectivity index (χ4n) is 1.32. The lowest BCUT2D eigenvalue weighted by Crippen LogP contribution is -2.24. The van der Waals surface area contributed by atoms with E-state index in [0.717, 1.165) is 25.0 Å². The predicted molar refractivity (Wildman–Crippen MR) is 58.7 cm³/mol. The van der Waals surface area contributed by atoms with Crippen LogP contribution in [0, 0.1) is 0 Å². The minimum absolute atomic E-state index is 0.0379. The van der Waals surface area contributed by atoms with E-state index in [2.05, 4.69) is 5.32 Å². The van der Waals surface area contributed by atoms with Crippen LogP contribution in [0.2, 0.25) is 0 Å². The third-order valence-corrected chi connectivity index (χ3v) is 2.27. The Balaban J connectivity index is 2.74. The second-order valence-electron chi connectivity index (χ2n) is 3.69. The number of hydrogen-bond acceptors (Lipinski definition) is 1. The van der Waals surface area contributed by atoms with E-state index in [9.17, 15) is 18.0 Å². The van der Waals surface area contributed by atoms with Gasteiger partial charge in [-0.25, -0.2) is 0 Å². The maximum atomic E-state index is 12.4. The number of nitrogens with one attached hydrogen (secondary N) is 1. The molecule has 1 N–H and O–H groups in total. The first kappa shape index (κ1) is 13.5. The smallest absolute Gasteiger partial charge is 0.352 e. The van der Waals surface area contributed by atoms with Crippen molar-refractivity contribution in [1.29, 1.82) is 0 Å². The van der Waals surface area contributed by atoms with Crippen molar-refractivity contribution in [3.63, 3.8) is 0 Å². The molecular weight excluding hydrogens is 231 g/mol. The summed E-state index contributed by atoms with van der Waals surface area (Å²) in [4.78, 5) is 11.5. The average molecular weight is 245 g/mol. The lowest BCUT2D eigenvalue weighted by molar-refractivity contribution is -0.137. The second kappa shape index (κ2) is 5.70. The molecule has 1 amide bonds. The molecule has 1 rings (SSSR count). The van der Waals surface area contributed by atoms with Crippen LogP contribution in [-0.4, -0.2) is 12.5 Å². The van der Waals surface area contributed by atoms with E-state index < -0.39 is 17.6 Å². The molecule has 0 saturated carbocycles. The van der Waals surface area contributed by atoms with Gasteiger partial charge in [-0.3, -0.25) is 4.79 Å². The molecule has 0 aliphatic heterocycles. The molecule has 0 spiro atoms. The van der Waals surface area contributed by atoms with Gasteiger partial charge in [0, 0.05) is 12.1 Å². The van der Waals surface area contributed by atoms with Crippen LogP contribution in [-0.2, 0) is 6.18 Å². The molecule has 0 fully saturated rings. The normalized spacial score (nSPS) is 11.3. The van der Waals surface area contributed by atoms with Gasteiger partial charge >= 0.3 is 6.18 Å². The van der Waals surface area contributed by atoms with Gasteiger partial charge in [0.2, 0.25) is 0 Å². The highest BCUT2D eigenvalue weighted by Gasteiger charge is 2.30. The summed E-state index contributed by atoms with van der Waals surface area (Å²) < 4.78 is 37.2. The predicted octanol–water partition coefficient (Wildman–Crippen LogP) is 3.24. The van der Waals surface area contributed by atoms with Gasteiger partial charge in [-0.15, -0.1) is 0 Å². The van der Waals surface area contributed by atoms with Gasteiger partial charge in [0.15, 0.2) is 0 Å². The molecule has 0 aromatic heterocycles. The summed E-state index contributed by atoms with van der Waals surface area (Å²) in [6, 6.07) is 4.41. The van der Waals surface area contributed by atoms with Gasteiger partial charge in [-0.2, -0.15) is 13.2 Å². The first-order valence-corrected chi connectivity index (χ1v) is 5.40. The van der Waals surface area contributed by atoms with Crippen LogP contribution in [0.5, 0.6) is 0 Å². The molecule has 0 radical (unpaired) electrons. The Hall–Kier alpha value is -1.52. The minimum Gasteiger partial charge on any atom is -0.352 e. The third kappa shape index (κ3) is 4.09. The van der Waals surface area contributed by atoms with Gasteiger partial charge in [0.1, 0.15) is 0 Å². The highest BCUT2D eigenvalue weighted by Crippen LogP contribution is 2.29. The number of amides is 1. The zero-order valence-corrected chi connectivity index (χ0v) is 9.47. The summed E-state index contributed by atoms with van der Waals surface area (Å²) in [5.74, 6) is -0.468. The van der Waals surface area contributed by atoms with E-state index >= 15 is 0 Å². The molecule has 5 heteroatoms. The Morgan fingerprint density at radius 2 is 2.06 bits per heavy atom.